The van der Waals surface area contributed by atoms with E-state index in [-0.39, 0.29) is 11.1 Å². The summed E-state index contributed by atoms with van der Waals surface area (Å²) in [6.07, 6.45) is 2.03. The summed E-state index contributed by atoms with van der Waals surface area (Å²) in [7, 11) is 0. The van der Waals surface area contributed by atoms with Gasteiger partial charge in [0.15, 0.2) is 0 Å². The van der Waals surface area contributed by atoms with Gasteiger partial charge in [-0.05, 0) is 35.6 Å². The second kappa shape index (κ2) is 5.39. The Morgan fingerprint density at radius 2 is 1.84 bits per heavy atom. The van der Waals surface area contributed by atoms with Crippen molar-refractivity contribution in [1.29, 1.82) is 0 Å². The van der Waals surface area contributed by atoms with Gasteiger partial charge in [0.25, 0.3) is 0 Å². The van der Waals surface area contributed by atoms with Crippen LogP contribution in [0.1, 0.15) is 16.4 Å². The van der Waals surface area contributed by atoms with E-state index in [4.69, 9.17) is 0 Å². The molecule has 0 bridgehead atoms. The van der Waals surface area contributed by atoms with Crippen LogP contribution in [-0.4, -0.2) is 10.6 Å². The summed E-state index contributed by atoms with van der Waals surface area (Å²) >= 11 is 3.37. The fraction of sp³-hybridized carbons (Fsp3) is 0.133. The molecule has 0 amide bonds. The van der Waals surface area contributed by atoms with Crippen LogP contribution in [0.15, 0.2) is 53.5 Å². The number of aliphatic imine (C=N–C) groups is 1. The molecule has 2 aromatic rings. The quantitative estimate of drug-likeness (QED) is 0.731. The molecule has 0 aliphatic carbocycles. The first-order chi connectivity index (χ1) is 9.28. The Balaban J connectivity index is 2.07. The summed E-state index contributed by atoms with van der Waals surface area (Å²) in [5.41, 5.74) is 3.32. The van der Waals surface area contributed by atoms with Crippen LogP contribution in [0.4, 0.5) is 10.1 Å². The van der Waals surface area contributed by atoms with Crippen LogP contribution in [0, 0.1) is 5.82 Å². The molecule has 0 radical (unpaired) electrons. The molecule has 2 aromatic carbocycles. The number of para-hydroxylation sites is 1. The molecule has 0 aromatic heterocycles. The second-order valence-corrected chi connectivity index (χ2v) is 6.34. The van der Waals surface area contributed by atoms with Crippen molar-refractivity contribution in [2.45, 2.75) is 5.25 Å². The second-order valence-electron chi connectivity index (χ2n) is 4.19. The van der Waals surface area contributed by atoms with Crippen molar-refractivity contribution in [2.24, 2.45) is 4.99 Å². The van der Waals surface area contributed by atoms with Crippen LogP contribution >= 0.6 is 23.5 Å². The van der Waals surface area contributed by atoms with Gasteiger partial charge in [-0.2, -0.15) is 0 Å². The fourth-order valence-corrected chi connectivity index (χ4v) is 3.91. The predicted molar refractivity (Wildman–Crippen MR) is 82.9 cm³/mol. The van der Waals surface area contributed by atoms with Crippen LogP contribution in [0.25, 0.3) is 0 Å². The van der Waals surface area contributed by atoms with Crippen LogP contribution in [0.2, 0.25) is 0 Å². The zero-order chi connectivity index (χ0) is 13.2. The van der Waals surface area contributed by atoms with E-state index in [1.807, 2.05) is 36.6 Å². The maximum atomic E-state index is 13.1. The Morgan fingerprint density at radius 3 is 2.58 bits per heavy atom. The number of rotatable bonds is 1. The Hall–Kier alpha value is -1.26. The van der Waals surface area contributed by atoms with Crippen molar-refractivity contribution in [3.8, 4) is 0 Å². The number of halogens is 1. The van der Waals surface area contributed by atoms with E-state index in [1.165, 1.54) is 17.7 Å². The molecule has 0 saturated heterocycles. The smallest absolute Gasteiger partial charge is 0.131 e. The monoisotopic (exact) mass is 289 g/mol. The molecule has 1 heterocycles. The number of thioether (sulfide) groups is 2. The van der Waals surface area contributed by atoms with Gasteiger partial charge < -0.3 is 0 Å². The highest BCUT2D eigenvalue weighted by Crippen LogP contribution is 2.46. The molecule has 1 atom stereocenters. The molecule has 0 N–H and O–H groups in total. The van der Waals surface area contributed by atoms with Crippen molar-refractivity contribution in [1.82, 2.24) is 0 Å². The van der Waals surface area contributed by atoms with Gasteiger partial charge in [-0.1, -0.05) is 42.1 Å². The molecule has 0 saturated carbocycles. The highest BCUT2D eigenvalue weighted by Gasteiger charge is 2.24. The topological polar surface area (TPSA) is 12.4 Å². The van der Waals surface area contributed by atoms with Gasteiger partial charge in [0, 0.05) is 0 Å². The normalized spacial score (nSPS) is 17.8. The zero-order valence-corrected chi connectivity index (χ0v) is 12.0. The van der Waals surface area contributed by atoms with Crippen molar-refractivity contribution >= 4 is 33.6 Å². The predicted octanol–water partition coefficient (Wildman–Crippen LogP) is 5.01. The van der Waals surface area contributed by atoms with Gasteiger partial charge in [-0.25, -0.2) is 9.38 Å². The lowest BCUT2D eigenvalue weighted by atomic mass is 10.0. The first kappa shape index (κ1) is 12.8. The third-order valence-corrected chi connectivity index (χ3v) is 5.28. The Kier molecular flexibility index (Phi) is 3.62. The molecule has 1 aliphatic rings. The van der Waals surface area contributed by atoms with E-state index in [9.17, 15) is 4.39 Å². The molecular weight excluding hydrogens is 277 g/mol. The van der Waals surface area contributed by atoms with Crippen LogP contribution in [-0.2, 0) is 0 Å². The van der Waals surface area contributed by atoms with Gasteiger partial charge in [-0.3, -0.25) is 0 Å². The minimum absolute atomic E-state index is 0.191. The number of fused-ring (bicyclic) bond motifs is 1. The summed E-state index contributed by atoms with van der Waals surface area (Å²) in [4.78, 5) is 4.63. The minimum Gasteiger partial charge on any atom is -0.235 e. The highest BCUT2D eigenvalue weighted by atomic mass is 32.2. The van der Waals surface area contributed by atoms with Crippen molar-refractivity contribution in [3.63, 3.8) is 0 Å². The van der Waals surface area contributed by atoms with E-state index in [2.05, 4.69) is 11.1 Å². The molecular formula is C15H12FNS2. The molecule has 1 nitrogen and oxygen atoms in total. The molecule has 0 fully saturated rings. The lowest BCUT2D eigenvalue weighted by molar-refractivity contribution is 0.627. The highest BCUT2D eigenvalue weighted by molar-refractivity contribution is 8.38. The average molecular weight is 289 g/mol. The number of hydrogen-bond acceptors (Lipinski definition) is 3. The van der Waals surface area contributed by atoms with E-state index < -0.39 is 0 Å². The molecule has 4 heteroatoms. The molecule has 19 heavy (non-hydrogen) atoms. The van der Waals surface area contributed by atoms with Crippen molar-refractivity contribution in [3.05, 3.63) is 65.5 Å². The molecule has 0 spiro atoms. The molecule has 1 aliphatic heterocycles. The van der Waals surface area contributed by atoms with E-state index in [0.717, 1.165) is 15.6 Å². The van der Waals surface area contributed by atoms with Gasteiger partial charge in [0.2, 0.25) is 0 Å². The number of hydrogen-bond donors (Lipinski definition) is 0. The van der Waals surface area contributed by atoms with Gasteiger partial charge in [-0.15, -0.1) is 11.8 Å². The van der Waals surface area contributed by atoms with Crippen molar-refractivity contribution in [2.75, 3.05) is 6.26 Å². The Labute approximate surface area is 120 Å². The standard InChI is InChI=1S/C15H12FNS2/c1-18-15-17-13-5-3-2-4-12(13)14(19-15)10-6-8-11(16)9-7-10/h2-9,14H,1H3. The number of nitrogens with zero attached hydrogens (tertiary/aromatic N) is 1. The van der Waals surface area contributed by atoms with Crippen LogP contribution in [0.3, 0.4) is 0 Å². The van der Waals surface area contributed by atoms with Gasteiger partial charge in [0.1, 0.15) is 10.2 Å². The first-order valence-corrected chi connectivity index (χ1v) is 8.02. The van der Waals surface area contributed by atoms with E-state index in [1.54, 1.807) is 23.5 Å². The SMILES string of the molecule is CSC1=Nc2ccccc2C(c2ccc(F)cc2)S1. The van der Waals surface area contributed by atoms with Crippen LogP contribution in [0.5, 0.6) is 0 Å². The maximum Gasteiger partial charge on any atom is 0.131 e. The fourth-order valence-electron chi connectivity index (χ4n) is 2.08. The lowest BCUT2D eigenvalue weighted by Crippen LogP contribution is -2.04. The summed E-state index contributed by atoms with van der Waals surface area (Å²) in [6.45, 7) is 0. The number of benzene rings is 2. The zero-order valence-electron chi connectivity index (χ0n) is 10.3. The Bertz CT molecular complexity index is 622. The first-order valence-electron chi connectivity index (χ1n) is 5.91. The Morgan fingerprint density at radius 1 is 1.11 bits per heavy atom. The lowest BCUT2D eigenvalue weighted by Gasteiger charge is -2.23. The van der Waals surface area contributed by atoms with E-state index in [0.29, 0.717) is 0 Å². The summed E-state index contributed by atoms with van der Waals surface area (Å²) in [5, 5.41) is 0.191. The third-order valence-electron chi connectivity index (χ3n) is 3.00. The van der Waals surface area contributed by atoms with E-state index >= 15 is 0 Å². The van der Waals surface area contributed by atoms with Crippen LogP contribution < -0.4 is 0 Å². The van der Waals surface area contributed by atoms with Crippen molar-refractivity contribution < 1.29 is 4.39 Å². The van der Waals surface area contributed by atoms with Gasteiger partial charge in [0.05, 0.1) is 10.9 Å². The minimum atomic E-state index is -0.198. The summed E-state index contributed by atoms with van der Waals surface area (Å²) < 4.78 is 14.1. The third kappa shape index (κ3) is 2.55. The largest absolute Gasteiger partial charge is 0.235 e. The van der Waals surface area contributed by atoms with Gasteiger partial charge >= 0.3 is 0 Å². The average Bonchev–Trinajstić information content (AvgIpc) is 2.47. The molecule has 96 valence electrons. The molecule has 3 rings (SSSR count). The summed E-state index contributed by atoms with van der Waals surface area (Å²) in [5.74, 6) is -0.198. The molecule has 1 unspecified atom stereocenters. The maximum absolute atomic E-state index is 13.1. The summed E-state index contributed by atoms with van der Waals surface area (Å²) in [6, 6.07) is 14.9.